The summed E-state index contributed by atoms with van der Waals surface area (Å²) in [6.45, 7) is 0. The van der Waals surface area contributed by atoms with Gasteiger partial charge in [0.25, 0.3) is 0 Å². The number of fused-ring (bicyclic) bond motifs is 1. The minimum absolute atomic E-state index is 0.000818. The number of nitrogen functional groups attached to an aromatic ring is 1. The van der Waals surface area contributed by atoms with Crippen molar-refractivity contribution in [1.29, 1.82) is 0 Å². The molecule has 114 valence electrons. The Hall–Kier alpha value is -2.77. The molecular weight excluding hydrogens is 302 g/mol. The van der Waals surface area contributed by atoms with Crippen LogP contribution < -0.4 is 11.1 Å². The Morgan fingerprint density at radius 2 is 1.95 bits per heavy atom. The van der Waals surface area contributed by atoms with E-state index in [0.717, 1.165) is 6.07 Å². The Morgan fingerprint density at radius 3 is 2.68 bits per heavy atom. The van der Waals surface area contributed by atoms with E-state index in [1.165, 1.54) is 18.5 Å². The predicted octanol–water partition coefficient (Wildman–Crippen LogP) is 4.31. The number of rotatable bonds is 2. The number of pyridine rings is 1. The highest BCUT2D eigenvalue weighted by Gasteiger charge is 2.34. The third-order valence-electron chi connectivity index (χ3n) is 3.06. The number of nitrogens with zero attached hydrogens (tertiary/aromatic N) is 1. The van der Waals surface area contributed by atoms with E-state index < -0.39 is 17.6 Å². The highest BCUT2D eigenvalue weighted by atomic mass is 19.4. The number of hydrogen-bond donors (Lipinski definition) is 2. The number of alkyl halides is 3. The standard InChI is InChI=1S/C14H9F4N3O/c15-10-2-1-7(5-9(10)14(16,17)18)21-12-8-3-4-20-6-11(8)22-13(12)19/h1-6,21H,19H2. The normalized spacial score (nSPS) is 11.8. The molecule has 1 aromatic carbocycles. The second-order valence-corrected chi connectivity index (χ2v) is 4.53. The predicted molar refractivity (Wildman–Crippen MR) is 73.1 cm³/mol. The Kier molecular flexibility index (Phi) is 3.16. The van der Waals surface area contributed by atoms with Gasteiger partial charge in [0.15, 0.2) is 5.58 Å². The van der Waals surface area contributed by atoms with Crippen LogP contribution in [-0.2, 0) is 6.18 Å². The number of hydrogen-bond acceptors (Lipinski definition) is 4. The van der Waals surface area contributed by atoms with Gasteiger partial charge in [-0.3, -0.25) is 4.98 Å². The molecule has 0 amide bonds. The molecular formula is C14H9F4N3O. The average Bonchev–Trinajstić information content (AvgIpc) is 2.76. The number of benzene rings is 1. The van der Waals surface area contributed by atoms with E-state index in [1.807, 2.05) is 0 Å². The average molecular weight is 311 g/mol. The zero-order valence-electron chi connectivity index (χ0n) is 10.9. The molecule has 0 radical (unpaired) electrons. The molecule has 4 nitrogen and oxygen atoms in total. The van der Waals surface area contributed by atoms with Gasteiger partial charge < -0.3 is 15.5 Å². The fourth-order valence-electron chi connectivity index (χ4n) is 2.06. The Morgan fingerprint density at radius 1 is 1.18 bits per heavy atom. The lowest BCUT2D eigenvalue weighted by molar-refractivity contribution is -0.139. The molecule has 8 heteroatoms. The van der Waals surface area contributed by atoms with Crippen LogP contribution in [0.25, 0.3) is 11.0 Å². The molecule has 2 heterocycles. The summed E-state index contributed by atoms with van der Waals surface area (Å²) >= 11 is 0. The van der Waals surface area contributed by atoms with Crippen molar-refractivity contribution < 1.29 is 22.0 Å². The van der Waals surface area contributed by atoms with Gasteiger partial charge in [-0.15, -0.1) is 0 Å². The largest absolute Gasteiger partial charge is 0.437 e. The van der Waals surface area contributed by atoms with Crippen LogP contribution in [0.3, 0.4) is 0 Å². The third kappa shape index (κ3) is 2.43. The van der Waals surface area contributed by atoms with Crippen LogP contribution in [-0.4, -0.2) is 4.98 Å². The number of aromatic nitrogens is 1. The van der Waals surface area contributed by atoms with E-state index in [0.29, 0.717) is 22.7 Å². The molecule has 0 saturated heterocycles. The van der Waals surface area contributed by atoms with Crippen LogP contribution >= 0.6 is 0 Å². The molecule has 0 fully saturated rings. The smallest absolute Gasteiger partial charge is 0.419 e. The van der Waals surface area contributed by atoms with Gasteiger partial charge in [0, 0.05) is 17.3 Å². The van der Waals surface area contributed by atoms with Gasteiger partial charge in [-0.25, -0.2) is 4.39 Å². The Balaban J connectivity index is 2.04. The third-order valence-corrected chi connectivity index (χ3v) is 3.06. The number of furan rings is 1. The first-order valence-corrected chi connectivity index (χ1v) is 6.12. The van der Waals surface area contributed by atoms with Gasteiger partial charge in [0.05, 0.1) is 11.8 Å². The summed E-state index contributed by atoms with van der Waals surface area (Å²) in [4.78, 5) is 3.86. The quantitative estimate of drug-likeness (QED) is 0.692. The number of nitrogens with two attached hydrogens (primary N) is 1. The van der Waals surface area contributed by atoms with Crippen molar-refractivity contribution >= 4 is 28.2 Å². The molecule has 2 aromatic heterocycles. The van der Waals surface area contributed by atoms with Crippen LogP contribution in [0, 0.1) is 5.82 Å². The van der Waals surface area contributed by atoms with Crippen LogP contribution in [0.15, 0.2) is 41.1 Å². The minimum atomic E-state index is -4.78. The van der Waals surface area contributed by atoms with Crippen molar-refractivity contribution in [3.05, 3.63) is 48.0 Å². The zero-order valence-corrected chi connectivity index (χ0v) is 10.9. The molecule has 0 atom stereocenters. The summed E-state index contributed by atoms with van der Waals surface area (Å²) in [5, 5.41) is 3.28. The van der Waals surface area contributed by atoms with E-state index in [-0.39, 0.29) is 11.6 Å². The second kappa shape index (κ2) is 4.90. The van der Waals surface area contributed by atoms with Crippen LogP contribution in [0.4, 0.5) is 34.8 Å². The van der Waals surface area contributed by atoms with Gasteiger partial charge in [0.2, 0.25) is 5.88 Å². The Bertz CT molecular complexity index is 842. The van der Waals surface area contributed by atoms with E-state index >= 15 is 0 Å². The van der Waals surface area contributed by atoms with E-state index in [4.69, 9.17) is 10.2 Å². The summed E-state index contributed by atoms with van der Waals surface area (Å²) < 4.78 is 56.7. The lowest BCUT2D eigenvalue weighted by Crippen LogP contribution is -2.08. The molecule has 0 aliphatic heterocycles. The molecule has 0 saturated carbocycles. The van der Waals surface area contributed by atoms with Crippen molar-refractivity contribution in [2.75, 3.05) is 11.1 Å². The lowest BCUT2D eigenvalue weighted by Gasteiger charge is -2.11. The second-order valence-electron chi connectivity index (χ2n) is 4.53. The SMILES string of the molecule is Nc1oc2cnccc2c1Nc1ccc(F)c(C(F)(F)F)c1. The molecule has 0 aliphatic rings. The van der Waals surface area contributed by atoms with E-state index in [1.54, 1.807) is 6.07 Å². The van der Waals surface area contributed by atoms with E-state index in [9.17, 15) is 17.6 Å². The summed E-state index contributed by atoms with van der Waals surface area (Å²) in [7, 11) is 0. The van der Waals surface area contributed by atoms with Gasteiger partial charge in [-0.2, -0.15) is 13.2 Å². The van der Waals surface area contributed by atoms with Crippen molar-refractivity contribution in [2.24, 2.45) is 0 Å². The molecule has 0 bridgehead atoms. The molecule has 3 N–H and O–H groups in total. The highest BCUT2D eigenvalue weighted by Crippen LogP contribution is 2.37. The van der Waals surface area contributed by atoms with Crippen LogP contribution in [0.1, 0.15) is 5.56 Å². The van der Waals surface area contributed by atoms with E-state index in [2.05, 4.69) is 10.3 Å². The van der Waals surface area contributed by atoms with Crippen molar-refractivity contribution in [3.8, 4) is 0 Å². The monoisotopic (exact) mass is 311 g/mol. The fraction of sp³-hybridized carbons (Fsp3) is 0.0714. The lowest BCUT2D eigenvalue weighted by atomic mass is 10.1. The minimum Gasteiger partial charge on any atom is -0.437 e. The summed E-state index contributed by atoms with van der Waals surface area (Å²) in [6.07, 6.45) is -1.85. The number of nitrogens with one attached hydrogen (secondary N) is 1. The van der Waals surface area contributed by atoms with Crippen molar-refractivity contribution in [3.63, 3.8) is 0 Å². The fourth-order valence-corrected chi connectivity index (χ4v) is 2.06. The summed E-state index contributed by atoms with van der Waals surface area (Å²) in [5.41, 5.74) is 5.08. The van der Waals surface area contributed by atoms with Gasteiger partial charge in [-0.1, -0.05) is 0 Å². The molecule has 0 aliphatic carbocycles. The maximum atomic E-state index is 13.3. The number of anilines is 3. The maximum absolute atomic E-state index is 13.3. The van der Waals surface area contributed by atoms with Crippen LogP contribution in [0.2, 0.25) is 0 Å². The number of halogens is 4. The first kappa shape index (κ1) is 14.2. The van der Waals surface area contributed by atoms with Gasteiger partial charge in [0.1, 0.15) is 11.5 Å². The summed E-state index contributed by atoms with van der Waals surface area (Å²) in [6, 6.07) is 4.20. The van der Waals surface area contributed by atoms with Gasteiger partial charge in [-0.05, 0) is 24.3 Å². The maximum Gasteiger partial charge on any atom is 0.419 e. The molecule has 3 aromatic rings. The molecule has 3 rings (SSSR count). The first-order valence-electron chi connectivity index (χ1n) is 6.12. The molecule has 22 heavy (non-hydrogen) atoms. The summed E-state index contributed by atoms with van der Waals surface area (Å²) in [5.74, 6) is -1.34. The molecule has 0 spiro atoms. The van der Waals surface area contributed by atoms with Crippen molar-refractivity contribution in [2.45, 2.75) is 6.18 Å². The molecule has 0 unspecified atom stereocenters. The van der Waals surface area contributed by atoms with Gasteiger partial charge >= 0.3 is 6.18 Å². The first-order chi connectivity index (χ1) is 10.4. The highest BCUT2D eigenvalue weighted by molar-refractivity contribution is 5.97. The van der Waals surface area contributed by atoms with Crippen LogP contribution in [0.5, 0.6) is 0 Å². The topological polar surface area (TPSA) is 64.1 Å². The van der Waals surface area contributed by atoms with Crippen molar-refractivity contribution in [1.82, 2.24) is 4.98 Å². The Labute approximate surface area is 121 Å². The zero-order chi connectivity index (χ0) is 15.9.